The quantitative estimate of drug-likeness (QED) is 0.690. The summed E-state index contributed by atoms with van der Waals surface area (Å²) in [6, 6.07) is 3.64. The average molecular weight is 351 g/mol. The molecule has 3 rings (SSSR count). The number of nitrogens with two attached hydrogens (primary N) is 1. The molecule has 2 N–H and O–H groups in total. The first-order chi connectivity index (χ1) is 11.6. The van der Waals surface area contributed by atoms with Gasteiger partial charge in [-0.05, 0) is 17.7 Å². The number of ether oxygens (including phenoxy) is 3. The van der Waals surface area contributed by atoms with Gasteiger partial charge in [-0.25, -0.2) is 4.68 Å². The van der Waals surface area contributed by atoms with Crippen LogP contribution in [0, 0.1) is 0 Å². The van der Waals surface area contributed by atoms with Gasteiger partial charge < -0.3 is 19.9 Å². The molecule has 2 heterocycles. The minimum atomic E-state index is 0.0564. The smallest absolute Gasteiger partial charge is 0.223 e. The van der Waals surface area contributed by atoms with Crippen LogP contribution in [0.25, 0.3) is 11.2 Å². The lowest BCUT2D eigenvalue weighted by atomic mass is 10.2. The summed E-state index contributed by atoms with van der Waals surface area (Å²) in [4.78, 5) is 8.00. The van der Waals surface area contributed by atoms with E-state index in [4.69, 9.17) is 31.5 Å². The predicted octanol–water partition coefficient (Wildman–Crippen LogP) is 1.53. The molecule has 0 aliphatic carbocycles. The standard InChI is InChI=1S/C14H15ClN6O3/c1-22-8-4-7(5-9(23-2)11(8)24-3)6-21-13-10(19-20-21)12(15)17-14(16)18-13/h4-5H,6H2,1-3H3,(H2,16,17,18). The molecule has 1 aromatic carbocycles. The number of fused-ring (bicyclic) bond motifs is 1. The van der Waals surface area contributed by atoms with Crippen molar-refractivity contribution in [2.45, 2.75) is 6.54 Å². The molecule has 0 aliphatic rings. The first-order valence-electron chi connectivity index (χ1n) is 6.88. The highest BCUT2D eigenvalue weighted by Gasteiger charge is 2.16. The van der Waals surface area contributed by atoms with Gasteiger partial charge in [-0.1, -0.05) is 16.8 Å². The number of methoxy groups -OCH3 is 3. The van der Waals surface area contributed by atoms with Crippen molar-refractivity contribution < 1.29 is 14.2 Å². The normalized spacial score (nSPS) is 10.8. The third-order valence-corrected chi connectivity index (χ3v) is 3.66. The van der Waals surface area contributed by atoms with Crippen molar-refractivity contribution in [1.29, 1.82) is 0 Å². The fourth-order valence-corrected chi connectivity index (χ4v) is 2.55. The molecule has 0 atom stereocenters. The molecular formula is C14H15ClN6O3. The van der Waals surface area contributed by atoms with Crippen LogP contribution in [-0.2, 0) is 6.54 Å². The number of benzene rings is 1. The van der Waals surface area contributed by atoms with Crippen molar-refractivity contribution in [3.05, 3.63) is 22.8 Å². The predicted molar refractivity (Wildman–Crippen MR) is 87.7 cm³/mol. The molecule has 3 aromatic rings. The third kappa shape index (κ3) is 2.73. The van der Waals surface area contributed by atoms with Crippen LogP contribution >= 0.6 is 11.6 Å². The molecule has 0 bridgehead atoms. The van der Waals surface area contributed by atoms with Gasteiger partial charge in [-0.15, -0.1) is 5.10 Å². The van der Waals surface area contributed by atoms with Gasteiger partial charge in [0.2, 0.25) is 11.7 Å². The Hall–Kier alpha value is -2.81. The maximum absolute atomic E-state index is 6.01. The van der Waals surface area contributed by atoms with E-state index in [-0.39, 0.29) is 11.1 Å². The molecule has 9 nitrogen and oxygen atoms in total. The zero-order valence-electron chi connectivity index (χ0n) is 13.3. The molecule has 24 heavy (non-hydrogen) atoms. The van der Waals surface area contributed by atoms with Gasteiger partial charge >= 0.3 is 0 Å². The van der Waals surface area contributed by atoms with Gasteiger partial charge in [-0.2, -0.15) is 9.97 Å². The van der Waals surface area contributed by atoms with Crippen molar-refractivity contribution in [1.82, 2.24) is 25.0 Å². The van der Waals surface area contributed by atoms with E-state index < -0.39 is 0 Å². The highest BCUT2D eigenvalue weighted by molar-refractivity contribution is 6.33. The van der Waals surface area contributed by atoms with Crippen molar-refractivity contribution in [2.24, 2.45) is 0 Å². The fraction of sp³-hybridized carbons (Fsp3) is 0.286. The number of hydrogen-bond acceptors (Lipinski definition) is 8. The second kappa shape index (κ2) is 6.36. The van der Waals surface area contributed by atoms with E-state index in [1.807, 2.05) is 12.1 Å². The molecule has 126 valence electrons. The molecule has 0 unspecified atom stereocenters. The molecule has 0 radical (unpaired) electrons. The zero-order chi connectivity index (χ0) is 17.3. The lowest BCUT2D eigenvalue weighted by Crippen LogP contribution is -2.06. The van der Waals surface area contributed by atoms with E-state index >= 15 is 0 Å². The van der Waals surface area contributed by atoms with Crippen LogP contribution in [0.2, 0.25) is 5.15 Å². The van der Waals surface area contributed by atoms with E-state index in [1.54, 1.807) is 26.0 Å². The zero-order valence-corrected chi connectivity index (χ0v) is 14.0. The summed E-state index contributed by atoms with van der Waals surface area (Å²) in [5.41, 5.74) is 7.33. The summed E-state index contributed by atoms with van der Waals surface area (Å²) < 4.78 is 17.6. The van der Waals surface area contributed by atoms with Crippen LogP contribution in [0.1, 0.15) is 5.56 Å². The van der Waals surface area contributed by atoms with E-state index in [1.165, 1.54) is 0 Å². The van der Waals surface area contributed by atoms with E-state index in [2.05, 4.69) is 20.3 Å². The van der Waals surface area contributed by atoms with Gasteiger partial charge in [-0.3, -0.25) is 0 Å². The van der Waals surface area contributed by atoms with Crippen molar-refractivity contribution in [3.63, 3.8) is 0 Å². The molecule has 2 aromatic heterocycles. The van der Waals surface area contributed by atoms with E-state index in [0.29, 0.717) is 35.0 Å². The number of nitrogens with zero attached hydrogens (tertiary/aromatic N) is 5. The first-order valence-corrected chi connectivity index (χ1v) is 7.26. The summed E-state index contributed by atoms with van der Waals surface area (Å²) in [5.74, 6) is 1.66. The number of halogens is 1. The highest BCUT2D eigenvalue weighted by atomic mass is 35.5. The number of aromatic nitrogens is 5. The summed E-state index contributed by atoms with van der Waals surface area (Å²) in [7, 11) is 4.66. The van der Waals surface area contributed by atoms with Gasteiger partial charge in [0, 0.05) is 0 Å². The van der Waals surface area contributed by atoms with Crippen LogP contribution in [0.5, 0.6) is 17.2 Å². The lowest BCUT2D eigenvalue weighted by molar-refractivity contribution is 0.323. The monoisotopic (exact) mass is 350 g/mol. The number of hydrogen-bond donors (Lipinski definition) is 1. The number of nitrogen functional groups attached to an aromatic ring is 1. The van der Waals surface area contributed by atoms with Gasteiger partial charge in [0.15, 0.2) is 27.8 Å². The van der Waals surface area contributed by atoms with E-state index in [9.17, 15) is 0 Å². The first kappa shape index (κ1) is 16.1. The van der Waals surface area contributed by atoms with Crippen molar-refractivity contribution in [2.75, 3.05) is 27.1 Å². The van der Waals surface area contributed by atoms with Crippen LogP contribution < -0.4 is 19.9 Å². The molecule has 0 amide bonds. The molecule has 0 saturated carbocycles. The van der Waals surface area contributed by atoms with Crippen LogP contribution in [0.3, 0.4) is 0 Å². The minimum absolute atomic E-state index is 0.0564. The maximum Gasteiger partial charge on any atom is 0.223 e. The Morgan fingerprint density at radius 3 is 2.33 bits per heavy atom. The van der Waals surface area contributed by atoms with Gasteiger partial charge in [0.25, 0.3) is 0 Å². The van der Waals surface area contributed by atoms with Crippen LogP contribution in [0.4, 0.5) is 5.95 Å². The Morgan fingerprint density at radius 2 is 1.75 bits per heavy atom. The van der Waals surface area contributed by atoms with Gasteiger partial charge in [0.05, 0.1) is 27.9 Å². The topological polar surface area (TPSA) is 110 Å². The lowest BCUT2D eigenvalue weighted by Gasteiger charge is -2.14. The minimum Gasteiger partial charge on any atom is -0.493 e. The highest BCUT2D eigenvalue weighted by Crippen LogP contribution is 2.38. The largest absolute Gasteiger partial charge is 0.493 e. The summed E-state index contributed by atoms with van der Waals surface area (Å²) in [6.07, 6.45) is 0. The average Bonchev–Trinajstić information content (AvgIpc) is 2.96. The molecular weight excluding hydrogens is 336 g/mol. The third-order valence-electron chi connectivity index (χ3n) is 3.39. The fourth-order valence-electron chi connectivity index (χ4n) is 2.35. The Balaban J connectivity index is 2.06. The second-order valence-corrected chi connectivity index (χ2v) is 5.18. The molecule has 0 spiro atoms. The van der Waals surface area contributed by atoms with E-state index in [0.717, 1.165) is 5.56 Å². The van der Waals surface area contributed by atoms with Gasteiger partial charge in [0.1, 0.15) is 0 Å². The summed E-state index contributed by atoms with van der Waals surface area (Å²) in [5, 5.41) is 8.21. The Bertz CT molecular complexity index is 873. The molecule has 0 aliphatic heterocycles. The molecule has 0 fully saturated rings. The number of rotatable bonds is 5. The van der Waals surface area contributed by atoms with Crippen LogP contribution in [-0.4, -0.2) is 46.3 Å². The maximum atomic E-state index is 6.01. The Kier molecular flexibility index (Phi) is 4.26. The summed E-state index contributed by atoms with van der Waals surface area (Å²) in [6.45, 7) is 0.361. The molecule has 0 saturated heterocycles. The van der Waals surface area contributed by atoms with Crippen LogP contribution in [0.15, 0.2) is 12.1 Å². The molecule has 10 heteroatoms. The Morgan fingerprint density at radius 1 is 1.08 bits per heavy atom. The number of anilines is 1. The Labute approximate surface area is 142 Å². The SMILES string of the molecule is COc1cc(Cn2nnc3c(Cl)nc(N)nc32)cc(OC)c1OC. The van der Waals surface area contributed by atoms with Crippen molar-refractivity contribution in [3.8, 4) is 17.2 Å². The second-order valence-electron chi connectivity index (χ2n) is 4.83. The van der Waals surface area contributed by atoms with Crippen molar-refractivity contribution >= 4 is 28.7 Å². The summed E-state index contributed by atoms with van der Waals surface area (Å²) >= 11 is 6.01.